The summed E-state index contributed by atoms with van der Waals surface area (Å²) in [4.78, 5) is 25.3. The topological polar surface area (TPSA) is 112 Å². The molecule has 0 bridgehead atoms. The van der Waals surface area contributed by atoms with Crippen molar-refractivity contribution in [2.75, 3.05) is 19.6 Å². The zero-order valence-electron chi connectivity index (χ0n) is 18.0. The van der Waals surface area contributed by atoms with Crippen LogP contribution in [0.25, 0.3) is 22.2 Å². The molecule has 8 nitrogen and oxygen atoms in total. The summed E-state index contributed by atoms with van der Waals surface area (Å²) in [6.07, 6.45) is 1.72. The minimum Gasteiger partial charge on any atom is -0.481 e. The summed E-state index contributed by atoms with van der Waals surface area (Å²) in [7, 11) is 0. The Balaban J connectivity index is 0.000000601. The number of hydrogen-bond acceptors (Lipinski definition) is 6. The van der Waals surface area contributed by atoms with Crippen molar-refractivity contribution < 1.29 is 23.1 Å². The van der Waals surface area contributed by atoms with Gasteiger partial charge in [-0.25, -0.2) is 9.18 Å². The van der Waals surface area contributed by atoms with E-state index >= 15 is 0 Å². The van der Waals surface area contributed by atoms with Crippen LogP contribution in [0.2, 0.25) is 0 Å². The Kier molecular flexibility index (Phi) is 6.71. The molecule has 3 N–H and O–H groups in total. The van der Waals surface area contributed by atoms with E-state index in [0.717, 1.165) is 49.0 Å². The highest BCUT2D eigenvalue weighted by atomic mass is 19.1. The molecule has 0 aliphatic carbocycles. The number of aromatic nitrogens is 1. The van der Waals surface area contributed by atoms with E-state index in [1.165, 1.54) is 12.1 Å². The largest absolute Gasteiger partial charge is 0.481 e. The quantitative estimate of drug-likeness (QED) is 0.431. The fourth-order valence-electron chi connectivity index (χ4n) is 3.89. The number of oxazole rings is 1. The van der Waals surface area contributed by atoms with E-state index in [4.69, 9.17) is 18.7 Å². The molecule has 0 amide bonds. The fourth-order valence-corrected chi connectivity index (χ4v) is 3.89. The number of rotatable bonds is 4. The van der Waals surface area contributed by atoms with Gasteiger partial charge in [0.05, 0.1) is 18.3 Å². The minimum atomic E-state index is -0.833. The lowest BCUT2D eigenvalue weighted by Gasteiger charge is -2.36. The van der Waals surface area contributed by atoms with Crippen molar-refractivity contribution in [1.29, 1.82) is 0 Å². The first-order valence-corrected chi connectivity index (χ1v) is 10.5. The van der Waals surface area contributed by atoms with Gasteiger partial charge < -0.3 is 19.3 Å². The molecule has 1 aliphatic rings. The van der Waals surface area contributed by atoms with Crippen LogP contribution in [0.3, 0.4) is 0 Å². The van der Waals surface area contributed by atoms with E-state index in [-0.39, 0.29) is 11.9 Å². The van der Waals surface area contributed by atoms with Gasteiger partial charge in [-0.2, -0.15) is 0 Å². The second-order valence-corrected chi connectivity index (χ2v) is 7.79. The highest BCUT2D eigenvalue weighted by Gasteiger charge is 2.25. The van der Waals surface area contributed by atoms with Gasteiger partial charge in [-0.05, 0) is 41.5 Å². The third kappa shape index (κ3) is 5.57. The number of carboxylic acids is 1. The van der Waals surface area contributed by atoms with Crippen LogP contribution in [-0.4, -0.2) is 40.6 Å². The molecule has 1 atom stereocenters. The summed E-state index contributed by atoms with van der Waals surface area (Å²) in [5.41, 5.74) is 4.13. The molecular weight excluding hydrogens is 429 g/mol. The van der Waals surface area contributed by atoms with Crippen molar-refractivity contribution >= 4 is 17.1 Å². The smallest absolute Gasteiger partial charge is 0.417 e. The number of nitrogens with zero attached hydrogens (tertiary/aromatic N) is 1. The molecular formula is C24H24FN3O5. The first kappa shape index (κ1) is 22.5. The van der Waals surface area contributed by atoms with Crippen LogP contribution in [0.15, 0.2) is 68.4 Å². The van der Waals surface area contributed by atoms with Gasteiger partial charge in [0, 0.05) is 38.2 Å². The Morgan fingerprint density at radius 2 is 1.94 bits per heavy atom. The van der Waals surface area contributed by atoms with Crippen molar-refractivity contribution in [2.24, 2.45) is 0 Å². The van der Waals surface area contributed by atoms with E-state index in [0.29, 0.717) is 17.6 Å². The van der Waals surface area contributed by atoms with Gasteiger partial charge in [0.15, 0.2) is 5.58 Å². The minimum absolute atomic E-state index is 0.156. The van der Waals surface area contributed by atoms with E-state index in [1.807, 2.05) is 36.4 Å². The number of carbonyl (C=O) groups is 1. The maximum absolute atomic E-state index is 13.3. The Morgan fingerprint density at radius 3 is 2.70 bits per heavy atom. The molecule has 33 heavy (non-hydrogen) atoms. The Labute approximate surface area is 188 Å². The van der Waals surface area contributed by atoms with Gasteiger partial charge in [-0.3, -0.25) is 14.7 Å². The molecule has 0 unspecified atom stereocenters. The Hall–Kier alpha value is -3.69. The second kappa shape index (κ2) is 9.85. The number of aromatic amines is 1. The summed E-state index contributed by atoms with van der Waals surface area (Å²) in [6.45, 7) is 4.32. The third-order valence-electron chi connectivity index (χ3n) is 5.38. The Morgan fingerprint density at radius 1 is 1.18 bits per heavy atom. The van der Waals surface area contributed by atoms with E-state index in [2.05, 4.69) is 15.2 Å². The second-order valence-electron chi connectivity index (χ2n) is 7.79. The van der Waals surface area contributed by atoms with Gasteiger partial charge in [-0.1, -0.05) is 18.2 Å². The summed E-state index contributed by atoms with van der Waals surface area (Å²) in [5.74, 6) is -0.671. The number of H-pyrrole nitrogens is 1. The number of fused-ring (bicyclic) bond motifs is 1. The average molecular weight is 453 g/mol. The SMILES string of the molecule is CC(=O)O.O=c1[nH]c2ccc(-c3coc(CN4CCNC[C@@H]4c4ccc(F)cc4)c3)cc2o1. The predicted molar refractivity (Wildman–Crippen MR) is 120 cm³/mol. The van der Waals surface area contributed by atoms with Crippen molar-refractivity contribution in [3.63, 3.8) is 0 Å². The predicted octanol–water partition coefficient (Wildman–Crippen LogP) is 3.76. The van der Waals surface area contributed by atoms with Crippen LogP contribution in [0, 0.1) is 5.82 Å². The number of benzene rings is 2. The Bertz CT molecular complexity index is 1290. The van der Waals surface area contributed by atoms with Crippen molar-refractivity contribution in [2.45, 2.75) is 19.5 Å². The molecule has 172 valence electrons. The highest BCUT2D eigenvalue weighted by molar-refractivity contribution is 5.79. The monoisotopic (exact) mass is 453 g/mol. The van der Waals surface area contributed by atoms with Gasteiger partial charge in [-0.15, -0.1) is 0 Å². The summed E-state index contributed by atoms with van der Waals surface area (Å²) in [6, 6.07) is 14.4. The van der Waals surface area contributed by atoms with Crippen LogP contribution >= 0.6 is 0 Å². The number of hydrogen-bond donors (Lipinski definition) is 3. The maximum atomic E-state index is 13.3. The lowest BCUT2D eigenvalue weighted by molar-refractivity contribution is -0.134. The molecule has 2 aromatic heterocycles. The fraction of sp³-hybridized carbons (Fsp3) is 0.250. The van der Waals surface area contributed by atoms with E-state index in [1.54, 1.807) is 6.26 Å². The molecule has 0 saturated carbocycles. The van der Waals surface area contributed by atoms with Crippen LogP contribution in [0.1, 0.15) is 24.3 Å². The van der Waals surface area contributed by atoms with E-state index in [9.17, 15) is 9.18 Å². The zero-order valence-corrected chi connectivity index (χ0v) is 18.0. The van der Waals surface area contributed by atoms with Crippen LogP contribution in [0.4, 0.5) is 4.39 Å². The normalized spacial score (nSPS) is 16.4. The molecule has 1 aliphatic heterocycles. The van der Waals surface area contributed by atoms with Crippen molar-refractivity contribution in [3.05, 3.63) is 82.5 Å². The van der Waals surface area contributed by atoms with Crippen molar-refractivity contribution in [3.8, 4) is 11.1 Å². The number of halogens is 1. The summed E-state index contributed by atoms with van der Waals surface area (Å²) in [5, 5.41) is 10.8. The summed E-state index contributed by atoms with van der Waals surface area (Å²) < 4.78 is 24.3. The van der Waals surface area contributed by atoms with Gasteiger partial charge in [0.25, 0.3) is 5.97 Å². The molecule has 1 saturated heterocycles. The molecule has 1 fully saturated rings. The van der Waals surface area contributed by atoms with Crippen molar-refractivity contribution in [1.82, 2.24) is 15.2 Å². The average Bonchev–Trinajstić information content (AvgIpc) is 3.39. The molecule has 5 rings (SSSR count). The number of carboxylic acid groups (broad SMARTS) is 1. The van der Waals surface area contributed by atoms with Crippen LogP contribution in [-0.2, 0) is 11.3 Å². The molecule has 3 heterocycles. The highest BCUT2D eigenvalue weighted by Crippen LogP contribution is 2.28. The molecule has 4 aromatic rings. The molecule has 2 aromatic carbocycles. The lowest BCUT2D eigenvalue weighted by Crippen LogP contribution is -2.45. The third-order valence-corrected chi connectivity index (χ3v) is 5.38. The van der Waals surface area contributed by atoms with Crippen LogP contribution in [0.5, 0.6) is 0 Å². The number of furan rings is 1. The van der Waals surface area contributed by atoms with E-state index < -0.39 is 11.7 Å². The van der Waals surface area contributed by atoms with Gasteiger partial charge in [0.1, 0.15) is 11.6 Å². The molecule has 0 radical (unpaired) electrons. The molecule has 0 spiro atoms. The first-order chi connectivity index (χ1) is 15.9. The molecule has 9 heteroatoms. The lowest BCUT2D eigenvalue weighted by atomic mass is 10.0. The van der Waals surface area contributed by atoms with Crippen LogP contribution < -0.4 is 11.1 Å². The number of piperazine rings is 1. The number of aliphatic carboxylic acids is 1. The number of nitrogens with one attached hydrogen (secondary N) is 2. The summed E-state index contributed by atoms with van der Waals surface area (Å²) >= 11 is 0. The zero-order chi connectivity index (χ0) is 23.4. The maximum Gasteiger partial charge on any atom is 0.417 e. The van der Waals surface area contributed by atoms with Gasteiger partial charge >= 0.3 is 5.76 Å². The first-order valence-electron chi connectivity index (χ1n) is 10.5. The van der Waals surface area contributed by atoms with Gasteiger partial charge in [0.2, 0.25) is 0 Å². The standard InChI is InChI=1S/C22H20FN3O3.C2H4O2/c23-17-4-1-14(2-5-17)20-11-24-7-8-26(20)12-18-9-16(13-28-18)15-3-6-19-21(10-15)29-22(27)25-19;1-2(3)4/h1-6,9-10,13,20,24H,7-8,11-12H2,(H,25,27);1H3,(H,3,4)/t20-;/m1./s1.